The topological polar surface area (TPSA) is 41.3 Å². The summed E-state index contributed by atoms with van der Waals surface area (Å²) in [7, 11) is 2.08. The van der Waals surface area contributed by atoms with Crippen LogP contribution >= 0.6 is 0 Å². The van der Waals surface area contributed by atoms with Gasteiger partial charge in [0.2, 0.25) is 0 Å². The van der Waals surface area contributed by atoms with Gasteiger partial charge in [-0.15, -0.1) is 0 Å². The van der Waals surface area contributed by atoms with Crippen LogP contribution in [0.5, 0.6) is 0 Å². The van der Waals surface area contributed by atoms with Gasteiger partial charge < -0.3 is 9.73 Å². The highest BCUT2D eigenvalue weighted by Gasteiger charge is 2.10. The predicted molar refractivity (Wildman–Crippen MR) is 80.1 cm³/mol. The monoisotopic (exact) mass is 273 g/mol. The van der Waals surface area contributed by atoms with Gasteiger partial charge in [0.05, 0.1) is 18.5 Å². The molecule has 0 radical (unpaired) electrons. The van der Waals surface area contributed by atoms with Crippen LogP contribution in [0.4, 0.5) is 0 Å². The first kappa shape index (κ1) is 14.8. The van der Waals surface area contributed by atoms with Crippen LogP contribution < -0.4 is 5.32 Å². The van der Waals surface area contributed by atoms with Gasteiger partial charge in [0, 0.05) is 30.9 Å². The Morgan fingerprint density at radius 1 is 1.25 bits per heavy atom. The van der Waals surface area contributed by atoms with Gasteiger partial charge in [-0.1, -0.05) is 19.9 Å². The molecular weight excluding hydrogens is 250 g/mol. The number of hydrogen-bond donors (Lipinski definition) is 1. The van der Waals surface area contributed by atoms with E-state index in [1.807, 2.05) is 30.5 Å². The maximum absolute atomic E-state index is 5.60. The second-order valence-electron chi connectivity index (χ2n) is 5.40. The average Bonchev–Trinajstić information content (AvgIpc) is 2.84. The van der Waals surface area contributed by atoms with Crippen LogP contribution in [0, 0.1) is 0 Å². The molecule has 0 saturated carbocycles. The number of pyridine rings is 1. The van der Waals surface area contributed by atoms with Crippen LogP contribution in [0.1, 0.15) is 30.9 Å². The zero-order valence-corrected chi connectivity index (χ0v) is 12.5. The molecule has 0 fully saturated rings. The fraction of sp³-hybridized carbons (Fsp3) is 0.438. The second-order valence-corrected chi connectivity index (χ2v) is 5.40. The van der Waals surface area contributed by atoms with E-state index < -0.39 is 0 Å². The largest absolute Gasteiger partial charge is 0.468 e. The Labute approximate surface area is 120 Å². The van der Waals surface area contributed by atoms with Crippen molar-refractivity contribution in [2.45, 2.75) is 39.5 Å². The van der Waals surface area contributed by atoms with Crippen LogP contribution in [0.3, 0.4) is 0 Å². The van der Waals surface area contributed by atoms with E-state index in [4.69, 9.17) is 4.42 Å². The molecule has 0 aliphatic rings. The van der Waals surface area contributed by atoms with Crippen molar-refractivity contribution in [3.05, 3.63) is 53.7 Å². The molecule has 108 valence electrons. The summed E-state index contributed by atoms with van der Waals surface area (Å²) in [5, 5.41) is 3.42. The lowest BCUT2D eigenvalue weighted by molar-refractivity contribution is 0.282. The van der Waals surface area contributed by atoms with Crippen molar-refractivity contribution in [2.75, 3.05) is 7.05 Å². The van der Waals surface area contributed by atoms with Gasteiger partial charge in [0.1, 0.15) is 5.76 Å². The molecule has 4 heteroatoms. The SMILES string of the molecule is CC(C)NCc1ccoc1CN(C)Cc1ccccn1. The van der Waals surface area contributed by atoms with Gasteiger partial charge in [-0.2, -0.15) is 0 Å². The lowest BCUT2D eigenvalue weighted by Crippen LogP contribution is -2.23. The van der Waals surface area contributed by atoms with Crippen molar-refractivity contribution in [3.8, 4) is 0 Å². The molecule has 0 spiro atoms. The van der Waals surface area contributed by atoms with Crippen LogP contribution in [0.25, 0.3) is 0 Å². The normalized spacial score (nSPS) is 11.4. The van der Waals surface area contributed by atoms with Crippen LogP contribution in [-0.4, -0.2) is 23.0 Å². The zero-order chi connectivity index (χ0) is 14.4. The average molecular weight is 273 g/mol. The van der Waals surface area contributed by atoms with Crippen molar-refractivity contribution in [1.82, 2.24) is 15.2 Å². The molecule has 2 aromatic heterocycles. The number of hydrogen-bond acceptors (Lipinski definition) is 4. The molecule has 4 nitrogen and oxygen atoms in total. The van der Waals surface area contributed by atoms with Crippen LogP contribution in [-0.2, 0) is 19.6 Å². The number of aromatic nitrogens is 1. The molecule has 1 N–H and O–H groups in total. The minimum atomic E-state index is 0.476. The summed E-state index contributed by atoms with van der Waals surface area (Å²) in [6.45, 7) is 6.75. The summed E-state index contributed by atoms with van der Waals surface area (Å²) in [6.07, 6.45) is 3.59. The molecule has 2 rings (SSSR count). The van der Waals surface area contributed by atoms with Gasteiger partial charge in [0.25, 0.3) is 0 Å². The minimum Gasteiger partial charge on any atom is -0.468 e. The van der Waals surface area contributed by atoms with Gasteiger partial charge in [0.15, 0.2) is 0 Å². The van der Waals surface area contributed by atoms with Crippen molar-refractivity contribution < 1.29 is 4.42 Å². The molecular formula is C16H23N3O. The first-order valence-corrected chi connectivity index (χ1v) is 7.02. The van der Waals surface area contributed by atoms with Crippen LogP contribution in [0.2, 0.25) is 0 Å². The second kappa shape index (κ2) is 7.22. The van der Waals surface area contributed by atoms with E-state index in [0.717, 1.165) is 31.1 Å². The Hall–Kier alpha value is -1.65. The van der Waals surface area contributed by atoms with E-state index in [2.05, 4.69) is 36.1 Å². The van der Waals surface area contributed by atoms with E-state index >= 15 is 0 Å². The summed E-state index contributed by atoms with van der Waals surface area (Å²) in [6, 6.07) is 8.51. The molecule has 0 atom stereocenters. The Kier molecular flexibility index (Phi) is 5.32. The molecule has 0 saturated heterocycles. The Morgan fingerprint density at radius 2 is 2.10 bits per heavy atom. The zero-order valence-electron chi connectivity index (χ0n) is 12.5. The van der Waals surface area contributed by atoms with E-state index in [9.17, 15) is 0 Å². The summed E-state index contributed by atoms with van der Waals surface area (Å²) in [4.78, 5) is 6.55. The third-order valence-electron chi connectivity index (χ3n) is 3.11. The molecule has 2 aromatic rings. The lowest BCUT2D eigenvalue weighted by atomic mass is 10.2. The van der Waals surface area contributed by atoms with E-state index in [1.165, 1.54) is 5.56 Å². The van der Waals surface area contributed by atoms with E-state index in [1.54, 1.807) is 6.26 Å². The number of rotatable bonds is 7. The molecule has 0 aromatic carbocycles. The molecule has 2 heterocycles. The summed E-state index contributed by atoms with van der Waals surface area (Å²) in [5.41, 5.74) is 2.30. The van der Waals surface area contributed by atoms with E-state index in [0.29, 0.717) is 6.04 Å². The van der Waals surface area contributed by atoms with Gasteiger partial charge in [-0.05, 0) is 25.2 Å². The first-order valence-electron chi connectivity index (χ1n) is 7.02. The lowest BCUT2D eigenvalue weighted by Gasteiger charge is -2.16. The number of nitrogens with zero attached hydrogens (tertiary/aromatic N) is 2. The molecule has 20 heavy (non-hydrogen) atoms. The number of nitrogens with one attached hydrogen (secondary N) is 1. The smallest absolute Gasteiger partial charge is 0.122 e. The fourth-order valence-corrected chi connectivity index (χ4v) is 2.05. The van der Waals surface area contributed by atoms with Crippen molar-refractivity contribution in [1.29, 1.82) is 0 Å². The summed E-state index contributed by atoms with van der Waals surface area (Å²) in [5.74, 6) is 1.02. The minimum absolute atomic E-state index is 0.476. The highest BCUT2D eigenvalue weighted by molar-refractivity contribution is 5.17. The van der Waals surface area contributed by atoms with E-state index in [-0.39, 0.29) is 0 Å². The van der Waals surface area contributed by atoms with Crippen molar-refractivity contribution >= 4 is 0 Å². The predicted octanol–water partition coefficient (Wildman–Crippen LogP) is 2.80. The molecule has 0 aliphatic carbocycles. The maximum Gasteiger partial charge on any atom is 0.122 e. The molecule has 0 unspecified atom stereocenters. The molecule has 0 amide bonds. The molecule has 0 bridgehead atoms. The van der Waals surface area contributed by atoms with Gasteiger partial charge in [-0.3, -0.25) is 9.88 Å². The van der Waals surface area contributed by atoms with Crippen molar-refractivity contribution in [3.63, 3.8) is 0 Å². The van der Waals surface area contributed by atoms with Crippen LogP contribution in [0.15, 0.2) is 41.1 Å². The third-order valence-corrected chi connectivity index (χ3v) is 3.11. The maximum atomic E-state index is 5.60. The fourth-order valence-electron chi connectivity index (χ4n) is 2.05. The third kappa shape index (κ3) is 4.47. The Morgan fingerprint density at radius 3 is 2.80 bits per heavy atom. The van der Waals surface area contributed by atoms with Gasteiger partial charge in [-0.25, -0.2) is 0 Å². The van der Waals surface area contributed by atoms with Gasteiger partial charge >= 0.3 is 0 Å². The Balaban J connectivity index is 1.91. The highest BCUT2D eigenvalue weighted by Crippen LogP contribution is 2.14. The number of furan rings is 1. The standard InChI is InChI=1S/C16H23N3O/c1-13(2)18-10-14-7-9-20-16(14)12-19(3)11-15-6-4-5-8-17-15/h4-9,13,18H,10-12H2,1-3H3. The highest BCUT2D eigenvalue weighted by atomic mass is 16.3. The van der Waals surface area contributed by atoms with Crippen molar-refractivity contribution in [2.24, 2.45) is 0 Å². The summed E-state index contributed by atoms with van der Waals surface area (Å²) >= 11 is 0. The molecule has 0 aliphatic heterocycles. The Bertz CT molecular complexity index is 507. The quantitative estimate of drug-likeness (QED) is 0.842. The summed E-state index contributed by atoms with van der Waals surface area (Å²) < 4.78 is 5.60. The first-order chi connectivity index (χ1) is 9.65.